The van der Waals surface area contributed by atoms with Gasteiger partial charge in [0, 0.05) is 45.7 Å². The molecule has 8 nitrogen and oxygen atoms in total. The predicted molar refractivity (Wildman–Crippen MR) is 102 cm³/mol. The normalized spacial score (nSPS) is 25.7. The number of carboxylic acid groups (broad SMARTS) is 1. The summed E-state index contributed by atoms with van der Waals surface area (Å²) in [6.45, 7) is 9.20. The maximum absolute atomic E-state index is 12.1. The van der Waals surface area contributed by atoms with Crippen molar-refractivity contribution in [3.63, 3.8) is 0 Å². The number of rotatable bonds is 9. The van der Waals surface area contributed by atoms with Gasteiger partial charge in [-0.2, -0.15) is 0 Å². The quantitative estimate of drug-likeness (QED) is 0.606. The number of hydrogen-bond donors (Lipinski definition) is 2. The van der Waals surface area contributed by atoms with Crippen molar-refractivity contribution in [1.82, 2.24) is 20.0 Å². The molecule has 0 aromatic carbocycles. The lowest BCUT2D eigenvalue weighted by Gasteiger charge is -2.35. The monoisotopic (exact) mass is 382 g/mol. The molecule has 0 spiro atoms. The summed E-state index contributed by atoms with van der Waals surface area (Å²) in [5.74, 6) is 0.00805. The highest BCUT2D eigenvalue weighted by Gasteiger charge is 2.33. The third kappa shape index (κ3) is 6.62. The number of aliphatic carboxylic acids is 1. The lowest BCUT2D eigenvalue weighted by atomic mass is 9.94. The zero-order valence-electron chi connectivity index (χ0n) is 16.3. The molecule has 0 aliphatic carbocycles. The summed E-state index contributed by atoms with van der Waals surface area (Å²) >= 11 is 0. The average Bonchev–Trinajstić information content (AvgIpc) is 3.01. The fourth-order valence-corrected chi connectivity index (χ4v) is 4.30. The van der Waals surface area contributed by atoms with Crippen LogP contribution in [0.3, 0.4) is 0 Å². The largest absolute Gasteiger partial charge is 0.481 e. The van der Waals surface area contributed by atoms with E-state index in [0.29, 0.717) is 13.0 Å². The van der Waals surface area contributed by atoms with Gasteiger partial charge in [0.1, 0.15) is 6.10 Å². The number of piperazine rings is 1. The van der Waals surface area contributed by atoms with Crippen molar-refractivity contribution < 1.29 is 19.4 Å². The number of carbonyl (C=O) groups is 2. The van der Waals surface area contributed by atoms with Gasteiger partial charge in [-0.05, 0) is 51.2 Å². The first-order chi connectivity index (χ1) is 13.1. The molecule has 3 saturated heterocycles. The van der Waals surface area contributed by atoms with Crippen molar-refractivity contribution in [2.24, 2.45) is 5.92 Å². The molecule has 3 rings (SSSR count). The number of carbonyl (C=O) groups excluding carboxylic acids is 1. The first-order valence-electron chi connectivity index (χ1n) is 10.4. The third-order valence-electron chi connectivity index (χ3n) is 6.01. The van der Waals surface area contributed by atoms with Crippen LogP contribution in [0, 0.1) is 5.92 Å². The summed E-state index contributed by atoms with van der Waals surface area (Å²) in [6, 6.07) is 0. The van der Waals surface area contributed by atoms with Crippen LogP contribution >= 0.6 is 0 Å². The minimum atomic E-state index is -0.721. The molecule has 0 radical (unpaired) electrons. The minimum absolute atomic E-state index is 0.0240. The molecule has 2 N–H and O–H groups in total. The smallest absolute Gasteiger partial charge is 0.410 e. The number of cyclic esters (lactones) is 1. The Bertz CT molecular complexity index is 490. The van der Waals surface area contributed by atoms with Gasteiger partial charge < -0.3 is 25.0 Å². The van der Waals surface area contributed by atoms with E-state index in [9.17, 15) is 9.59 Å². The van der Waals surface area contributed by atoms with Crippen LogP contribution in [0.25, 0.3) is 0 Å². The number of hydrogen-bond acceptors (Lipinski definition) is 6. The summed E-state index contributed by atoms with van der Waals surface area (Å²) in [5, 5.41) is 12.1. The SMILES string of the molecule is O=C(O)CCCN1CCN(CC2CN(CCC3CCNCC3)C(=O)O2)CC1. The van der Waals surface area contributed by atoms with E-state index in [1.807, 2.05) is 4.90 Å². The van der Waals surface area contributed by atoms with Crippen LogP contribution in [0.5, 0.6) is 0 Å². The van der Waals surface area contributed by atoms with Gasteiger partial charge >= 0.3 is 12.1 Å². The zero-order chi connectivity index (χ0) is 19.1. The van der Waals surface area contributed by atoms with Crippen molar-refractivity contribution in [2.45, 2.75) is 38.2 Å². The van der Waals surface area contributed by atoms with Crippen LogP contribution in [0.4, 0.5) is 4.79 Å². The summed E-state index contributed by atoms with van der Waals surface area (Å²) in [7, 11) is 0. The molecule has 154 valence electrons. The van der Waals surface area contributed by atoms with E-state index in [2.05, 4.69) is 15.1 Å². The van der Waals surface area contributed by atoms with Gasteiger partial charge in [-0.1, -0.05) is 0 Å². The maximum atomic E-state index is 12.1. The molecule has 27 heavy (non-hydrogen) atoms. The van der Waals surface area contributed by atoms with Gasteiger partial charge in [-0.25, -0.2) is 4.79 Å². The van der Waals surface area contributed by atoms with E-state index in [4.69, 9.17) is 9.84 Å². The van der Waals surface area contributed by atoms with Gasteiger partial charge in [-0.3, -0.25) is 9.69 Å². The number of carboxylic acids is 1. The molecule has 0 aromatic heterocycles. The second-order valence-corrected chi connectivity index (χ2v) is 8.07. The molecular weight excluding hydrogens is 348 g/mol. The van der Waals surface area contributed by atoms with Gasteiger partial charge in [0.25, 0.3) is 0 Å². The Balaban J connectivity index is 1.31. The Morgan fingerprint density at radius 1 is 1.11 bits per heavy atom. The molecule has 1 atom stereocenters. The molecule has 8 heteroatoms. The first-order valence-corrected chi connectivity index (χ1v) is 10.4. The van der Waals surface area contributed by atoms with Crippen LogP contribution in [-0.4, -0.2) is 103 Å². The lowest BCUT2D eigenvalue weighted by Crippen LogP contribution is -2.49. The van der Waals surface area contributed by atoms with Gasteiger partial charge in [0.2, 0.25) is 0 Å². The number of piperidine rings is 1. The Labute approximate surface area is 161 Å². The second-order valence-electron chi connectivity index (χ2n) is 8.07. The molecule has 1 amide bonds. The van der Waals surface area contributed by atoms with Crippen molar-refractivity contribution >= 4 is 12.1 Å². The molecule has 0 aromatic rings. The first kappa shape index (κ1) is 20.4. The highest BCUT2D eigenvalue weighted by molar-refractivity contribution is 5.69. The number of ether oxygens (including phenoxy) is 1. The molecule has 1 unspecified atom stereocenters. The van der Waals surface area contributed by atoms with E-state index in [1.54, 1.807) is 0 Å². The van der Waals surface area contributed by atoms with Gasteiger partial charge in [0.05, 0.1) is 6.54 Å². The third-order valence-corrected chi connectivity index (χ3v) is 6.01. The summed E-state index contributed by atoms with van der Waals surface area (Å²) in [6.07, 6.45) is 4.28. The predicted octanol–water partition coefficient (Wildman–Crippen LogP) is 0.679. The Kier molecular flexibility index (Phi) is 7.72. The van der Waals surface area contributed by atoms with Crippen LogP contribution in [0.1, 0.15) is 32.1 Å². The second kappa shape index (κ2) is 10.2. The standard InChI is InChI=1S/C19H34N4O4/c24-18(25)2-1-8-21-10-12-22(13-11-21)14-17-15-23(19(26)27-17)9-5-16-3-6-20-7-4-16/h16-17,20H,1-15H2,(H,24,25). The van der Waals surface area contributed by atoms with E-state index in [0.717, 1.165) is 71.2 Å². The average molecular weight is 383 g/mol. The Morgan fingerprint density at radius 3 is 2.52 bits per heavy atom. The fourth-order valence-electron chi connectivity index (χ4n) is 4.30. The highest BCUT2D eigenvalue weighted by Crippen LogP contribution is 2.19. The summed E-state index contributed by atoms with van der Waals surface area (Å²) < 4.78 is 5.59. The van der Waals surface area contributed by atoms with Crippen LogP contribution < -0.4 is 5.32 Å². The van der Waals surface area contributed by atoms with Crippen LogP contribution in [-0.2, 0) is 9.53 Å². The highest BCUT2D eigenvalue weighted by atomic mass is 16.6. The summed E-state index contributed by atoms with van der Waals surface area (Å²) in [4.78, 5) is 29.3. The topological polar surface area (TPSA) is 85.4 Å². The molecule has 3 aliphatic heterocycles. The minimum Gasteiger partial charge on any atom is -0.481 e. The molecule has 3 aliphatic rings. The van der Waals surface area contributed by atoms with Crippen molar-refractivity contribution in [3.8, 4) is 0 Å². The molecular formula is C19H34N4O4. The van der Waals surface area contributed by atoms with Crippen molar-refractivity contribution in [2.75, 3.05) is 65.4 Å². The molecule has 3 heterocycles. The zero-order valence-corrected chi connectivity index (χ0v) is 16.3. The van der Waals surface area contributed by atoms with Crippen LogP contribution in [0.2, 0.25) is 0 Å². The van der Waals surface area contributed by atoms with Crippen LogP contribution in [0.15, 0.2) is 0 Å². The molecule has 0 bridgehead atoms. The molecule has 3 fully saturated rings. The maximum Gasteiger partial charge on any atom is 0.410 e. The number of nitrogens with zero attached hydrogens (tertiary/aromatic N) is 3. The van der Waals surface area contributed by atoms with E-state index in [-0.39, 0.29) is 18.6 Å². The van der Waals surface area contributed by atoms with Crippen molar-refractivity contribution in [3.05, 3.63) is 0 Å². The van der Waals surface area contributed by atoms with E-state index < -0.39 is 5.97 Å². The molecule has 0 saturated carbocycles. The number of amides is 1. The fraction of sp³-hybridized carbons (Fsp3) is 0.895. The van der Waals surface area contributed by atoms with Crippen molar-refractivity contribution in [1.29, 1.82) is 0 Å². The van der Waals surface area contributed by atoms with Gasteiger partial charge in [-0.15, -0.1) is 0 Å². The Hall–Kier alpha value is -1.38. The van der Waals surface area contributed by atoms with Gasteiger partial charge in [0.15, 0.2) is 0 Å². The lowest BCUT2D eigenvalue weighted by molar-refractivity contribution is -0.137. The summed E-state index contributed by atoms with van der Waals surface area (Å²) in [5.41, 5.74) is 0. The number of nitrogens with one attached hydrogen (secondary N) is 1. The Morgan fingerprint density at radius 2 is 1.81 bits per heavy atom. The van der Waals surface area contributed by atoms with E-state index >= 15 is 0 Å². The van der Waals surface area contributed by atoms with E-state index in [1.165, 1.54) is 12.8 Å².